The van der Waals surface area contributed by atoms with Crippen molar-refractivity contribution in [1.29, 1.82) is 0 Å². The third kappa shape index (κ3) is 3.59. The van der Waals surface area contributed by atoms with Gasteiger partial charge in [0.2, 0.25) is 0 Å². The Morgan fingerprint density at radius 3 is 2.80 bits per heavy atom. The fourth-order valence-corrected chi connectivity index (χ4v) is 2.64. The third-order valence-electron chi connectivity index (χ3n) is 2.94. The van der Waals surface area contributed by atoms with Crippen molar-refractivity contribution >= 4 is 17.2 Å². The van der Waals surface area contributed by atoms with Crippen LogP contribution in [0.15, 0.2) is 41.8 Å². The molecule has 0 fully saturated rings. The largest absolute Gasteiger partial charge is 0.495 e. The number of benzene rings is 1. The normalized spacial score (nSPS) is 11.9. The van der Waals surface area contributed by atoms with Crippen LogP contribution < -0.4 is 10.1 Å². The molecule has 0 aliphatic heterocycles. The summed E-state index contributed by atoms with van der Waals surface area (Å²) in [6.07, 6.45) is -0.0922. The summed E-state index contributed by atoms with van der Waals surface area (Å²) in [5.41, 5.74) is 0.857. The van der Waals surface area contributed by atoms with Crippen molar-refractivity contribution in [2.75, 3.05) is 13.7 Å². The summed E-state index contributed by atoms with van der Waals surface area (Å²) in [4.78, 5) is 12.5. The summed E-state index contributed by atoms with van der Waals surface area (Å²) in [5.74, 6) is 0.410. The summed E-state index contributed by atoms with van der Waals surface area (Å²) in [5, 5.41) is 14.6. The van der Waals surface area contributed by atoms with Crippen molar-refractivity contribution in [3.05, 3.63) is 52.2 Å². The zero-order valence-electron chi connectivity index (χ0n) is 11.2. The molecule has 0 bridgehead atoms. The molecule has 1 heterocycles. The molecule has 0 radical (unpaired) electrons. The van der Waals surface area contributed by atoms with Gasteiger partial charge >= 0.3 is 0 Å². The molecule has 0 spiro atoms. The zero-order chi connectivity index (χ0) is 14.4. The molecule has 4 nitrogen and oxygen atoms in total. The van der Waals surface area contributed by atoms with E-state index < -0.39 is 6.10 Å². The standard InChI is InChI=1S/C15H17NO3S/c1-19-13-8-10-20-14(13)15(18)16-9-7-12(17)11-5-3-2-4-6-11/h2-6,8,10,12,17H,7,9H2,1H3,(H,16,18). The molecular formula is C15H17NO3S. The molecule has 0 aliphatic rings. The number of carbonyl (C=O) groups is 1. The van der Waals surface area contributed by atoms with Crippen LogP contribution in [0, 0.1) is 0 Å². The first-order valence-corrected chi connectivity index (χ1v) is 7.23. The Hall–Kier alpha value is -1.85. The molecule has 1 aromatic heterocycles. The quantitative estimate of drug-likeness (QED) is 0.860. The fourth-order valence-electron chi connectivity index (χ4n) is 1.87. The van der Waals surface area contributed by atoms with Gasteiger partial charge < -0.3 is 15.2 Å². The molecule has 20 heavy (non-hydrogen) atoms. The maximum absolute atomic E-state index is 11.9. The first kappa shape index (κ1) is 14.6. The van der Waals surface area contributed by atoms with E-state index in [0.717, 1.165) is 5.56 Å². The van der Waals surface area contributed by atoms with Crippen LogP contribution in [0.1, 0.15) is 27.8 Å². The van der Waals surface area contributed by atoms with Crippen molar-refractivity contribution in [3.8, 4) is 5.75 Å². The smallest absolute Gasteiger partial charge is 0.265 e. The molecule has 1 aromatic carbocycles. The zero-order valence-corrected chi connectivity index (χ0v) is 12.0. The highest BCUT2D eigenvalue weighted by Gasteiger charge is 2.14. The molecule has 106 valence electrons. The van der Waals surface area contributed by atoms with Crippen LogP contribution in [0.5, 0.6) is 5.75 Å². The maximum atomic E-state index is 11.9. The minimum absolute atomic E-state index is 0.169. The number of methoxy groups -OCH3 is 1. The Kier molecular flexibility index (Phi) is 5.15. The van der Waals surface area contributed by atoms with Gasteiger partial charge in [0.15, 0.2) is 0 Å². The second kappa shape index (κ2) is 7.07. The Bertz CT molecular complexity index is 553. The summed E-state index contributed by atoms with van der Waals surface area (Å²) >= 11 is 1.34. The average Bonchev–Trinajstić information content (AvgIpc) is 2.96. The molecule has 0 aliphatic carbocycles. The van der Waals surface area contributed by atoms with E-state index >= 15 is 0 Å². The van der Waals surface area contributed by atoms with E-state index in [1.165, 1.54) is 18.4 Å². The molecule has 5 heteroatoms. The van der Waals surface area contributed by atoms with E-state index in [9.17, 15) is 9.90 Å². The van der Waals surface area contributed by atoms with Crippen LogP contribution in [0.4, 0.5) is 0 Å². The Balaban J connectivity index is 1.83. The monoisotopic (exact) mass is 291 g/mol. The summed E-state index contributed by atoms with van der Waals surface area (Å²) < 4.78 is 5.10. The topological polar surface area (TPSA) is 58.6 Å². The first-order valence-electron chi connectivity index (χ1n) is 6.35. The van der Waals surface area contributed by atoms with E-state index in [4.69, 9.17) is 4.74 Å². The number of aliphatic hydroxyl groups excluding tert-OH is 1. The number of carbonyl (C=O) groups excluding carboxylic acids is 1. The molecule has 2 N–H and O–H groups in total. The lowest BCUT2D eigenvalue weighted by Gasteiger charge is -2.11. The third-order valence-corrected chi connectivity index (χ3v) is 3.84. The van der Waals surface area contributed by atoms with E-state index in [-0.39, 0.29) is 5.91 Å². The van der Waals surface area contributed by atoms with Gasteiger partial charge in [0.25, 0.3) is 5.91 Å². The predicted molar refractivity (Wildman–Crippen MR) is 79.2 cm³/mol. The van der Waals surface area contributed by atoms with Crippen LogP contribution in [0.2, 0.25) is 0 Å². The molecule has 2 rings (SSSR count). The Labute approximate surface area is 122 Å². The Morgan fingerprint density at radius 2 is 2.10 bits per heavy atom. The van der Waals surface area contributed by atoms with Gasteiger partial charge in [-0.3, -0.25) is 4.79 Å². The molecule has 0 saturated heterocycles. The van der Waals surface area contributed by atoms with Gasteiger partial charge in [-0.1, -0.05) is 30.3 Å². The van der Waals surface area contributed by atoms with Crippen molar-refractivity contribution < 1.29 is 14.6 Å². The van der Waals surface area contributed by atoms with Gasteiger partial charge in [-0.05, 0) is 23.4 Å². The summed E-state index contributed by atoms with van der Waals surface area (Å²) in [6.45, 7) is 0.413. The van der Waals surface area contributed by atoms with Gasteiger partial charge in [0.1, 0.15) is 10.6 Å². The van der Waals surface area contributed by atoms with Gasteiger partial charge in [0.05, 0.1) is 13.2 Å². The lowest BCUT2D eigenvalue weighted by molar-refractivity contribution is 0.0944. The lowest BCUT2D eigenvalue weighted by Crippen LogP contribution is -2.25. The fraction of sp³-hybridized carbons (Fsp3) is 0.267. The van der Waals surface area contributed by atoms with Crippen molar-refractivity contribution in [1.82, 2.24) is 5.32 Å². The predicted octanol–water partition coefficient (Wildman–Crippen LogP) is 2.61. The highest BCUT2D eigenvalue weighted by molar-refractivity contribution is 7.12. The number of hydrogen-bond acceptors (Lipinski definition) is 4. The molecule has 0 saturated carbocycles. The van der Waals surface area contributed by atoms with E-state index in [1.807, 2.05) is 35.7 Å². The molecule has 1 amide bonds. The van der Waals surface area contributed by atoms with E-state index in [2.05, 4.69) is 5.32 Å². The minimum Gasteiger partial charge on any atom is -0.495 e. The number of thiophene rings is 1. The van der Waals surface area contributed by atoms with Gasteiger partial charge in [0, 0.05) is 6.54 Å². The first-order chi connectivity index (χ1) is 9.72. The van der Waals surface area contributed by atoms with Crippen LogP contribution in [-0.4, -0.2) is 24.7 Å². The molecule has 1 unspecified atom stereocenters. The van der Waals surface area contributed by atoms with Crippen molar-refractivity contribution in [2.45, 2.75) is 12.5 Å². The number of aliphatic hydroxyl groups is 1. The maximum Gasteiger partial charge on any atom is 0.265 e. The molecule has 1 atom stereocenters. The van der Waals surface area contributed by atoms with Gasteiger partial charge in [-0.2, -0.15) is 0 Å². The summed E-state index contributed by atoms with van der Waals surface area (Å²) in [7, 11) is 1.54. The number of rotatable bonds is 6. The lowest BCUT2D eigenvalue weighted by atomic mass is 10.1. The molecular weight excluding hydrogens is 274 g/mol. The van der Waals surface area contributed by atoms with Crippen LogP contribution >= 0.6 is 11.3 Å². The number of hydrogen-bond donors (Lipinski definition) is 2. The summed E-state index contributed by atoms with van der Waals surface area (Å²) in [6, 6.07) is 11.2. The minimum atomic E-state index is -0.568. The highest BCUT2D eigenvalue weighted by atomic mass is 32.1. The molecule has 2 aromatic rings. The van der Waals surface area contributed by atoms with Crippen LogP contribution in [0.3, 0.4) is 0 Å². The second-order valence-corrected chi connectivity index (χ2v) is 5.21. The van der Waals surface area contributed by atoms with Crippen molar-refractivity contribution in [2.24, 2.45) is 0 Å². The number of amides is 1. The van der Waals surface area contributed by atoms with E-state index in [1.54, 1.807) is 6.07 Å². The Morgan fingerprint density at radius 1 is 1.35 bits per heavy atom. The highest BCUT2D eigenvalue weighted by Crippen LogP contribution is 2.24. The van der Waals surface area contributed by atoms with Crippen molar-refractivity contribution in [3.63, 3.8) is 0 Å². The van der Waals surface area contributed by atoms with Crippen LogP contribution in [0.25, 0.3) is 0 Å². The number of ether oxygens (including phenoxy) is 1. The van der Waals surface area contributed by atoms with E-state index in [0.29, 0.717) is 23.6 Å². The second-order valence-electron chi connectivity index (χ2n) is 4.29. The van der Waals surface area contributed by atoms with Crippen LogP contribution in [-0.2, 0) is 0 Å². The van der Waals surface area contributed by atoms with Gasteiger partial charge in [-0.15, -0.1) is 11.3 Å². The SMILES string of the molecule is COc1ccsc1C(=O)NCCC(O)c1ccccc1. The number of nitrogens with one attached hydrogen (secondary N) is 1. The average molecular weight is 291 g/mol. The van der Waals surface area contributed by atoms with Gasteiger partial charge in [-0.25, -0.2) is 0 Å².